The number of aryl methyl sites for hydroxylation is 1. The Hall–Kier alpha value is -2.54. The van der Waals surface area contributed by atoms with Crippen LogP contribution in [0.1, 0.15) is 21.5 Å². The van der Waals surface area contributed by atoms with Crippen molar-refractivity contribution in [2.75, 3.05) is 13.7 Å². The summed E-state index contributed by atoms with van der Waals surface area (Å²) < 4.78 is 10.6. The lowest BCUT2D eigenvalue weighted by atomic mass is 10.1. The van der Waals surface area contributed by atoms with Crippen molar-refractivity contribution in [1.82, 2.24) is 5.32 Å². The number of phenolic OH excluding ortho intramolecular Hbond substituents is 1. The van der Waals surface area contributed by atoms with Gasteiger partial charge in [-0.2, -0.15) is 0 Å². The Bertz CT molecular complexity index is 791. The number of para-hydroxylation sites is 1. The molecule has 0 aromatic heterocycles. The highest BCUT2D eigenvalue weighted by atomic mass is 79.9. The maximum absolute atomic E-state index is 12.0. The number of hydrogen-bond donors (Lipinski definition) is 2. The number of phenols is 1. The molecule has 2 aromatic carbocycles. The summed E-state index contributed by atoms with van der Waals surface area (Å²) in [6.45, 7) is 1.58. The van der Waals surface area contributed by atoms with Crippen LogP contribution in [0.5, 0.6) is 11.5 Å². The minimum atomic E-state index is -0.769. The molecule has 2 aromatic rings. The normalized spacial score (nSPS) is 10.2. The van der Waals surface area contributed by atoms with E-state index in [0.717, 1.165) is 11.1 Å². The van der Waals surface area contributed by atoms with Gasteiger partial charge < -0.3 is 19.9 Å². The maximum Gasteiger partial charge on any atom is 0.342 e. The maximum atomic E-state index is 12.0. The first-order chi connectivity index (χ1) is 11.9. The second-order valence-corrected chi connectivity index (χ2v) is 6.16. The van der Waals surface area contributed by atoms with E-state index in [0.29, 0.717) is 10.2 Å². The number of carbonyl (C=O) groups is 2. The SMILES string of the molecule is COc1ccccc1CNC(=O)COC(=O)c1cc(C)cc(Br)c1O. The topological polar surface area (TPSA) is 84.9 Å². The van der Waals surface area contributed by atoms with Gasteiger partial charge in [0.25, 0.3) is 5.91 Å². The number of methoxy groups -OCH3 is 1. The summed E-state index contributed by atoms with van der Waals surface area (Å²) in [4.78, 5) is 23.9. The fourth-order valence-corrected chi connectivity index (χ4v) is 2.77. The number of amides is 1. The summed E-state index contributed by atoms with van der Waals surface area (Å²) in [6, 6.07) is 10.5. The number of halogens is 1. The zero-order valence-electron chi connectivity index (χ0n) is 13.8. The van der Waals surface area contributed by atoms with Gasteiger partial charge in [0.2, 0.25) is 0 Å². The molecule has 0 fully saturated rings. The molecule has 0 unspecified atom stereocenters. The Labute approximate surface area is 153 Å². The highest BCUT2D eigenvalue weighted by Crippen LogP contribution is 2.29. The molecule has 0 aliphatic heterocycles. The van der Waals surface area contributed by atoms with Crippen LogP contribution in [0.2, 0.25) is 0 Å². The van der Waals surface area contributed by atoms with E-state index >= 15 is 0 Å². The Morgan fingerprint density at radius 1 is 1.24 bits per heavy atom. The van der Waals surface area contributed by atoms with Gasteiger partial charge in [-0.3, -0.25) is 4.79 Å². The molecule has 0 aliphatic carbocycles. The van der Waals surface area contributed by atoms with Gasteiger partial charge >= 0.3 is 5.97 Å². The van der Waals surface area contributed by atoms with E-state index in [1.807, 2.05) is 18.2 Å². The van der Waals surface area contributed by atoms with Crippen molar-refractivity contribution in [2.45, 2.75) is 13.5 Å². The van der Waals surface area contributed by atoms with Gasteiger partial charge in [-0.1, -0.05) is 18.2 Å². The molecule has 7 heteroatoms. The van der Waals surface area contributed by atoms with Crippen LogP contribution in [-0.4, -0.2) is 30.7 Å². The first-order valence-electron chi connectivity index (χ1n) is 7.47. The van der Waals surface area contributed by atoms with Crippen molar-refractivity contribution < 1.29 is 24.2 Å². The summed E-state index contributed by atoms with van der Waals surface area (Å²) in [6.07, 6.45) is 0. The van der Waals surface area contributed by atoms with Gasteiger partial charge in [0.1, 0.15) is 17.1 Å². The molecule has 0 atom stereocenters. The molecule has 0 saturated heterocycles. The molecule has 0 heterocycles. The molecule has 6 nitrogen and oxygen atoms in total. The molecule has 0 aliphatic rings. The van der Waals surface area contributed by atoms with Crippen LogP contribution in [-0.2, 0) is 16.1 Å². The fraction of sp³-hybridized carbons (Fsp3) is 0.222. The van der Waals surface area contributed by atoms with Crippen LogP contribution in [0.3, 0.4) is 0 Å². The van der Waals surface area contributed by atoms with E-state index in [4.69, 9.17) is 9.47 Å². The van der Waals surface area contributed by atoms with Crippen LogP contribution in [0.25, 0.3) is 0 Å². The molecule has 0 radical (unpaired) electrons. The Kier molecular flexibility index (Phi) is 6.41. The second-order valence-electron chi connectivity index (χ2n) is 5.31. The van der Waals surface area contributed by atoms with E-state index in [-0.39, 0.29) is 17.9 Å². The minimum Gasteiger partial charge on any atom is -0.506 e. The Morgan fingerprint density at radius 3 is 2.68 bits per heavy atom. The first-order valence-corrected chi connectivity index (χ1v) is 8.26. The Morgan fingerprint density at radius 2 is 1.96 bits per heavy atom. The van der Waals surface area contributed by atoms with Gasteiger partial charge in [0.15, 0.2) is 6.61 Å². The lowest BCUT2D eigenvalue weighted by Crippen LogP contribution is -2.28. The van der Waals surface area contributed by atoms with Gasteiger partial charge in [0, 0.05) is 12.1 Å². The first kappa shape index (κ1) is 18.8. The van der Waals surface area contributed by atoms with Crippen molar-refractivity contribution in [3.8, 4) is 11.5 Å². The van der Waals surface area contributed by atoms with Crippen LogP contribution >= 0.6 is 15.9 Å². The van der Waals surface area contributed by atoms with Gasteiger partial charge in [-0.15, -0.1) is 0 Å². The summed E-state index contributed by atoms with van der Waals surface area (Å²) in [5, 5.41) is 12.6. The predicted molar refractivity (Wildman–Crippen MR) is 95.7 cm³/mol. The van der Waals surface area contributed by atoms with Crippen molar-refractivity contribution >= 4 is 27.8 Å². The number of nitrogens with one attached hydrogen (secondary N) is 1. The van der Waals surface area contributed by atoms with Crippen LogP contribution in [0.15, 0.2) is 40.9 Å². The van der Waals surface area contributed by atoms with Crippen molar-refractivity contribution in [3.63, 3.8) is 0 Å². The largest absolute Gasteiger partial charge is 0.506 e. The van der Waals surface area contributed by atoms with Gasteiger partial charge in [-0.25, -0.2) is 4.79 Å². The highest BCUT2D eigenvalue weighted by molar-refractivity contribution is 9.10. The zero-order chi connectivity index (χ0) is 18.4. The molecule has 2 N–H and O–H groups in total. The van der Waals surface area contributed by atoms with Crippen LogP contribution in [0.4, 0.5) is 0 Å². The molecule has 0 bridgehead atoms. The zero-order valence-corrected chi connectivity index (χ0v) is 15.4. The summed E-state index contributed by atoms with van der Waals surface area (Å²) in [7, 11) is 1.55. The minimum absolute atomic E-state index is 0.00408. The molecular weight excluding hydrogens is 390 g/mol. The molecule has 132 valence electrons. The average molecular weight is 408 g/mol. The standard InChI is InChI=1S/C18H18BrNO5/c1-11-7-13(17(22)14(19)8-11)18(23)25-10-16(21)20-9-12-5-3-4-6-15(12)24-2/h3-8,22H,9-10H2,1-2H3,(H,20,21). The van der Waals surface area contributed by atoms with Crippen LogP contribution < -0.4 is 10.1 Å². The molecule has 0 saturated carbocycles. The molecular formula is C18H18BrNO5. The third-order valence-corrected chi connectivity index (χ3v) is 4.04. The average Bonchev–Trinajstić information content (AvgIpc) is 2.61. The van der Waals surface area contributed by atoms with E-state index in [1.165, 1.54) is 6.07 Å². The number of ether oxygens (including phenoxy) is 2. The van der Waals surface area contributed by atoms with E-state index < -0.39 is 18.5 Å². The quantitative estimate of drug-likeness (QED) is 0.719. The Balaban J connectivity index is 1.91. The lowest BCUT2D eigenvalue weighted by molar-refractivity contribution is -0.124. The number of esters is 1. The fourth-order valence-electron chi connectivity index (χ4n) is 2.19. The summed E-state index contributed by atoms with van der Waals surface area (Å²) in [5.41, 5.74) is 1.59. The monoisotopic (exact) mass is 407 g/mol. The number of carbonyl (C=O) groups excluding carboxylic acids is 2. The number of rotatable bonds is 6. The highest BCUT2D eigenvalue weighted by Gasteiger charge is 2.17. The predicted octanol–water partition coefficient (Wildman–Crippen LogP) is 2.94. The number of aromatic hydroxyl groups is 1. The van der Waals surface area contributed by atoms with Crippen molar-refractivity contribution in [2.24, 2.45) is 0 Å². The number of hydrogen-bond acceptors (Lipinski definition) is 5. The van der Waals surface area contributed by atoms with E-state index in [9.17, 15) is 14.7 Å². The van der Waals surface area contributed by atoms with E-state index in [2.05, 4.69) is 21.2 Å². The molecule has 2 rings (SSSR count). The van der Waals surface area contributed by atoms with Crippen molar-refractivity contribution in [1.29, 1.82) is 0 Å². The smallest absolute Gasteiger partial charge is 0.342 e. The molecule has 1 amide bonds. The van der Waals surface area contributed by atoms with Crippen LogP contribution in [0, 0.1) is 6.92 Å². The van der Waals surface area contributed by atoms with E-state index in [1.54, 1.807) is 26.2 Å². The number of benzene rings is 2. The summed E-state index contributed by atoms with van der Waals surface area (Å²) in [5.74, 6) is -0.779. The molecule has 25 heavy (non-hydrogen) atoms. The molecule has 0 spiro atoms. The van der Waals surface area contributed by atoms with Gasteiger partial charge in [0.05, 0.1) is 11.6 Å². The third-order valence-electron chi connectivity index (χ3n) is 3.43. The lowest BCUT2D eigenvalue weighted by Gasteiger charge is -2.11. The third kappa shape index (κ3) is 4.96. The van der Waals surface area contributed by atoms with Crippen molar-refractivity contribution in [3.05, 3.63) is 57.6 Å². The second kappa shape index (κ2) is 8.53. The summed E-state index contributed by atoms with van der Waals surface area (Å²) >= 11 is 3.16. The van der Waals surface area contributed by atoms with Gasteiger partial charge in [-0.05, 0) is 46.6 Å².